The van der Waals surface area contributed by atoms with Crippen LogP contribution in [0.5, 0.6) is 0 Å². The summed E-state index contributed by atoms with van der Waals surface area (Å²) in [5, 5.41) is 1.94. The number of hydrogen-bond acceptors (Lipinski definition) is 4. The molecule has 0 saturated heterocycles. The van der Waals surface area contributed by atoms with Crippen molar-refractivity contribution in [1.82, 2.24) is 19.4 Å². The van der Waals surface area contributed by atoms with E-state index in [-0.39, 0.29) is 5.91 Å². The summed E-state index contributed by atoms with van der Waals surface area (Å²) in [7, 11) is 4.05. The van der Waals surface area contributed by atoms with Crippen LogP contribution in [0.3, 0.4) is 0 Å². The largest absolute Gasteiger partial charge is 0.329 e. The van der Waals surface area contributed by atoms with Gasteiger partial charge in [0.2, 0.25) is 0 Å². The predicted molar refractivity (Wildman–Crippen MR) is 115 cm³/mol. The van der Waals surface area contributed by atoms with E-state index in [1.165, 1.54) is 28.0 Å². The lowest BCUT2D eigenvalue weighted by atomic mass is 10.1. The second-order valence-corrected chi connectivity index (χ2v) is 8.36. The van der Waals surface area contributed by atoms with Gasteiger partial charge in [-0.3, -0.25) is 4.79 Å². The van der Waals surface area contributed by atoms with Crippen LogP contribution in [0.1, 0.15) is 32.2 Å². The molecule has 0 saturated carbocycles. The monoisotopic (exact) mass is 396 g/mol. The maximum Gasteiger partial charge on any atom is 0.264 e. The minimum atomic E-state index is 0.0677. The second kappa shape index (κ2) is 9.17. The van der Waals surface area contributed by atoms with Crippen LogP contribution in [0.25, 0.3) is 0 Å². The zero-order valence-electron chi connectivity index (χ0n) is 17.1. The van der Waals surface area contributed by atoms with Crippen molar-refractivity contribution in [1.29, 1.82) is 0 Å². The molecule has 0 N–H and O–H groups in total. The third-order valence-corrected chi connectivity index (χ3v) is 5.67. The van der Waals surface area contributed by atoms with Crippen LogP contribution < -0.4 is 0 Å². The molecule has 0 spiro atoms. The van der Waals surface area contributed by atoms with Gasteiger partial charge in [-0.15, -0.1) is 11.3 Å². The number of thiophene rings is 1. The van der Waals surface area contributed by atoms with Gasteiger partial charge in [0, 0.05) is 32.0 Å². The Kier molecular flexibility index (Phi) is 6.65. The molecule has 0 atom stereocenters. The van der Waals surface area contributed by atoms with E-state index in [0.29, 0.717) is 13.1 Å². The molecule has 0 aliphatic heterocycles. The highest BCUT2D eigenvalue weighted by molar-refractivity contribution is 7.12. The summed E-state index contributed by atoms with van der Waals surface area (Å²) in [5.41, 5.74) is 3.80. The van der Waals surface area contributed by atoms with Crippen molar-refractivity contribution in [2.75, 3.05) is 27.2 Å². The summed E-state index contributed by atoms with van der Waals surface area (Å²) in [4.78, 5) is 22.3. The number of carbonyl (C=O) groups excluding carboxylic acids is 1. The molecule has 2 aromatic heterocycles. The Morgan fingerprint density at radius 3 is 2.71 bits per heavy atom. The van der Waals surface area contributed by atoms with Crippen molar-refractivity contribution in [3.8, 4) is 0 Å². The van der Waals surface area contributed by atoms with E-state index in [0.717, 1.165) is 23.8 Å². The highest BCUT2D eigenvalue weighted by Gasteiger charge is 2.19. The van der Waals surface area contributed by atoms with Crippen molar-refractivity contribution in [2.24, 2.45) is 0 Å². The number of amides is 1. The van der Waals surface area contributed by atoms with Crippen LogP contribution in [-0.2, 0) is 13.1 Å². The number of hydrogen-bond donors (Lipinski definition) is 0. The van der Waals surface area contributed by atoms with Gasteiger partial charge in [0.25, 0.3) is 5.91 Å². The van der Waals surface area contributed by atoms with Crippen molar-refractivity contribution < 1.29 is 4.79 Å². The minimum absolute atomic E-state index is 0.0677. The summed E-state index contributed by atoms with van der Waals surface area (Å²) < 4.78 is 2.14. The topological polar surface area (TPSA) is 41.4 Å². The molecule has 1 amide bonds. The molecule has 0 bridgehead atoms. The Labute approximate surface area is 171 Å². The van der Waals surface area contributed by atoms with Crippen LogP contribution >= 0.6 is 11.3 Å². The minimum Gasteiger partial charge on any atom is -0.329 e. The smallest absolute Gasteiger partial charge is 0.264 e. The Bertz CT molecular complexity index is 915. The summed E-state index contributed by atoms with van der Waals surface area (Å²) >= 11 is 1.48. The third kappa shape index (κ3) is 5.09. The fourth-order valence-electron chi connectivity index (χ4n) is 3.09. The van der Waals surface area contributed by atoms with Gasteiger partial charge in [-0.05, 0) is 50.5 Å². The quantitative estimate of drug-likeness (QED) is 0.581. The summed E-state index contributed by atoms with van der Waals surface area (Å²) in [6.45, 7) is 6.99. The fourth-order valence-corrected chi connectivity index (χ4v) is 3.78. The molecule has 3 aromatic rings. The van der Waals surface area contributed by atoms with E-state index in [9.17, 15) is 4.79 Å². The van der Waals surface area contributed by atoms with Crippen molar-refractivity contribution >= 4 is 17.2 Å². The van der Waals surface area contributed by atoms with Gasteiger partial charge >= 0.3 is 0 Å². The standard InChI is InChI=1S/C22H28N4OS/c1-17-7-8-18(2)19(14-17)15-25-10-9-23-21(25)16-26(12-11-24(3)4)22(27)20-6-5-13-28-20/h5-10,13-14H,11-12,15-16H2,1-4H3. The first-order valence-corrected chi connectivity index (χ1v) is 10.4. The highest BCUT2D eigenvalue weighted by atomic mass is 32.1. The first kappa shape index (κ1) is 20.3. The SMILES string of the molecule is Cc1ccc(C)c(Cn2ccnc2CN(CCN(C)C)C(=O)c2cccs2)c1. The number of aromatic nitrogens is 2. The van der Waals surface area contributed by atoms with Crippen LogP contribution in [0.4, 0.5) is 0 Å². The maximum absolute atomic E-state index is 13.0. The number of carbonyl (C=O) groups is 1. The number of likely N-dealkylation sites (N-methyl/N-ethyl adjacent to an activating group) is 1. The summed E-state index contributed by atoms with van der Waals surface area (Å²) in [6, 6.07) is 10.3. The van der Waals surface area contributed by atoms with E-state index in [4.69, 9.17) is 0 Å². The number of rotatable bonds is 8. The van der Waals surface area contributed by atoms with Gasteiger partial charge in [-0.2, -0.15) is 0 Å². The molecular weight excluding hydrogens is 368 g/mol. The van der Waals surface area contributed by atoms with Crippen LogP contribution in [0, 0.1) is 13.8 Å². The number of nitrogens with zero attached hydrogens (tertiary/aromatic N) is 4. The Morgan fingerprint density at radius 1 is 1.18 bits per heavy atom. The first-order chi connectivity index (χ1) is 13.4. The molecule has 5 nitrogen and oxygen atoms in total. The van der Waals surface area contributed by atoms with E-state index in [2.05, 4.69) is 46.5 Å². The fraction of sp³-hybridized carbons (Fsp3) is 0.364. The average Bonchev–Trinajstić information content (AvgIpc) is 3.33. The molecule has 2 heterocycles. The van der Waals surface area contributed by atoms with Gasteiger partial charge in [0.1, 0.15) is 5.82 Å². The van der Waals surface area contributed by atoms with Gasteiger partial charge in [-0.25, -0.2) is 4.98 Å². The van der Waals surface area contributed by atoms with Crippen molar-refractivity contribution in [3.63, 3.8) is 0 Å². The molecule has 0 unspecified atom stereocenters. The Hall–Kier alpha value is -2.44. The van der Waals surface area contributed by atoms with Crippen LogP contribution in [0.2, 0.25) is 0 Å². The van der Waals surface area contributed by atoms with Gasteiger partial charge in [0.05, 0.1) is 11.4 Å². The Morgan fingerprint density at radius 2 is 2.00 bits per heavy atom. The molecule has 0 radical (unpaired) electrons. The number of aryl methyl sites for hydroxylation is 2. The molecule has 3 rings (SSSR count). The van der Waals surface area contributed by atoms with Crippen LogP contribution in [-0.4, -0.2) is 52.4 Å². The lowest BCUT2D eigenvalue weighted by Crippen LogP contribution is -2.36. The normalized spacial score (nSPS) is 11.2. The van der Waals surface area contributed by atoms with Crippen LogP contribution in [0.15, 0.2) is 48.1 Å². The molecule has 148 valence electrons. The molecular formula is C22H28N4OS. The summed E-state index contributed by atoms with van der Waals surface area (Å²) in [6.07, 6.45) is 3.82. The van der Waals surface area contributed by atoms with Gasteiger partial charge in [0.15, 0.2) is 0 Å². The third-order valence-electron chi connectivity index (χ3n) is 4.82. The average molecular weight is 397 g/mol. The molecule has 0 fully saturated rings. The number of imidazole rings is 1. The van der Waals surface area contributed by atoms with E-state index >= 15 is 0 Å². The second-order valence-electron chi connectivity index (χ2n) is 7.41. The van der Waals surface area contributed by atoms with Gasteiger partial charge in [-0.1, -0.05) is 29.8 Å². The van der Waals surface area contributed by atoms with E-state index < -0.39 is 0 Å². The molecule has 0 aliphatic carbocycles. The predicted octanol–water partition coefficient (Wildman–Crippen LogP) is 3.81. The zero-order valence-corrected chi connectivity index (χ0v) is 17.9. The zero-order chi connectivity index (χ0) is 20.1. The molecule has 6 heteroatoms. The lowest BCUT2D eigenvalue weighted by Gasteiger charge is -2.24. The first-order valence-electron chi connectivity index (χ1n) is 9.47. The summed E-state index contributed by atoms with van der Waals surface area (Å²) in [5.74, 6) is 0.975. The van der Waals surface area contributed by atoms with Crippen molar-refractivity contribution in [2.45, 2.75) is 26.9 Å². The number of benzene rings is 1. The van der Waals surface area contributed by atoms with Crippen molar-refractivity contribution in [3.05, 3.63) is 75.5 Å². The maximum atomic E-state index is 13.0. The highest BCUT2D eigenvalue weighted by Crippen LogP contribution is 2.17. The van der Waals surface area contributed by atoms with Gasteiger partial charge < -0.3 is 14.4 Å². The lowest BCUT2D eigenvalue weighted by molar-refractivity contribution is 0.0730. The molecule has 1 aromatic carbocycles. The molecule has 0 aliphatic rings. The Balaban J connectivity index is 1.80. The van der Waals surface area contributed by atoms with E-state index in [1.54, 1.807) is 0 Å². The van der Waals surface area contributed by atoms with E-state index in [1.807, 2.05) is 48.9 Å². The molecule has 28 heavy (non-hydrogen) atoms.